The molecule has 0 aliphatic carbocycles. The summed E-state index contributed by atoms with van der Waals surface area (Å²) in [5.41, 5.74) is 0.425. The van der Waals surface area contributed by atoms with Crippen LogP contribution in [0, 0.1) is 0 Å². The van der Waals surface area contributed by atoms with Crippen molar-refractivity contribution in [2.75, 3.05) is 0 Å². The van der Waals surface area contributed by atoms with Crippen LogP contribution in [0.2, 0.25) is 0 Å². The maximum Gasteiger partial charge on any atom is 0.392 e. The molecule has 0 radical (unpaired) electrons. The van der Waals surface area contributed by atoms with Gasteiger partial charge in [0.15, 0.2) is 5.76 Å². The molecular weight excluding hydrogens is 211 g/mol. The van der Waals surface area contributed by atoms with E-state index in [9.17, 15) is 13.2 Å². The molecule has 0 saturated heterocycles. The molecule has 1 aliphatic heterocycles. The van der Waals surface area contributed by atoms with Gasteiger partial charge in [-0.2, -0.15) is 13.2 Å². The van der Waals surface area contributed by atoms with Crippen molar-refractivity contribution < 1.29 is 22.4 Å². The van der Waals surface area contributed by atoms with E-state index in [0.29, 0.717) is 11.5 Å². The second-order valence-corrected chi connectivity index (χ2v) is 3.27. The molecule has 2 heterocycles. The average Bonchev–Trinajstić information content (AvgIpc) is 2.68. The van der Waals surface area contributed by atoms with Crippen molar-refractivity contribution >= 4 is 5.71 Å². The molecule has 0 spiro atoms. The highest BCUT2D eigenvalue weighted by molar-refractivity contribution is 5.98. The third-order valence-corrected chi connectivity index (χ3v) is 2.00. The van der Waals surface area contributed by atoms with Gasteiger partial charge in [-0.15, -0.1) is 0 Å². The van der Waals surface area contributed by atoms with E-state index in [1.54, 1.807) is 12.1 Å². The molecule has 1 aliphatic rings. The van der Waals surface area contributed by atoms with Crippen LogP contribution in [0.1, 0.15) is 18.6 Å². The van der Waals surface area contributed by atoms with E-state index in [2.05, 4.69) is 9.99 Å². The van der Waals surface area contributed by atoms with Crippen LogP contribution >= 0.6 is 0 Å². The second kappa shape index (κ2) is 3.60. The van der Waals surface area contributed by atoms with E-state index < -0.39 is 18.7 Å². The Hall–Kier alpha value is -1.46. The van der Waals surface area contributed by atoms with Gasteiger partial charge in [0.25, 0.3) is 0 Å². The first-order valence-electron chi connectivity index (χ1n) is 4.38. The number of hydrogen-bond donors (Lipinski definition) is 0. The molecular formula is C9H8F3NO2. The topological polar surface area (TPSA) is 34.7 Å². The molecule has 0 saturated carbocycles. The molecule has 15 heavy (non-hydrogen) atoms. The Kier molecular flexibility index (Phi) is 2.42. The van der Waals surface area contributed by atoms with E-state index in [-0.39, 0.29) is 6.42 Å². The molecule has 0 aromatic carbocycles. The van der Waals surface area contributed by atoms with Crippen molar-refractivity contribution in [1.29, 1.82) is 0 Å². The highest BCUT2D eigenvalue weighted by Gasteiger charge is 2.36. The van der Waals surface area contributed by atoms with Crippen LogP contribution in [0.4, 0.5) is 13.2 Å². The third kappa shape index (κ3) is 2.51. The molecule has 1 aromatic heterocycles. The monoisotopic (exact) mass is 219 g/mol. The van der Waals surface area contributed by atoms with Gasteiger partial charge in [0, 0.05) is 6.42 Å². The van der Waals surface area contributed by atoms with Crippen molar-refractivity contribution in [1.82, 2.24) is 0 Å². The van der Waals surface area contributed by atoms with Crippen molar-refractivity contribution in [3.63, 3.8) is 0 Å². The molecule has 2 rings (SSSR count). The van der Waals surface area contributed by atoms with Gasteiger partial charge in [-0.05, 0) is 12.1 Å². The number of furan rings is 1. The van der Waals surface area contributed by atoms with Crippen LogP contribution in [0.15, 0.2) is 28.0 Å². The van der Waals surface area contributed by atoms with E-state index in [0.717, 1.165) is 0 Å². The third-order valence-electron chi connectivity index (χ3n) is 2.00. The minimum absolute atomic E-state index is 0.132. The zero-order valence-electron chi connectivity index (χ0n) is 7.62. The van der Waals surface area contributed by atoms with Crippen LogP contribution in [0.25, 0.3) is 0 Å². The molecule has 0 N–H and O–H groups in total. The minimum Gasteiger partial charge on any atom is -0.463 e. The predicted molar refractivity (Wildman–Crippen MR) is 45.4 cm³/mol. The number of nitrogens with zero attached hydrogens (tertiary/aromatic N) is 1. The van der Waals surface area contributed by atoms with Crippen molar-refractivity contribution in [2.45, 2.75) is 25.1 Å². The summed E-state index contributed by atoms with van der Waals surface area (Å²) >= 11 is 0. The molecule has 82 valence electrons. The fourth-order valence-corrected chi connectivity index (χ4v) is 1.38. The highest BCUT2D eigenvalue weighted by Crippen LogP contribution is 2.28. The maximum absolute atomic E-state index is 12.0. The largest absolute Gasteiger partial charge is 0.463 e. The fourth-order valence-electron chi connectivity index (χ4n) is 1.38. The van der Waals surface area contributed by atoms with Gasteiger partial charge in [-0.1, -0.05) is 5.16 Å². The van der Waals surface area contributed by atoms with E-state index in [1.807, 2.05) is 0 Å². The van der Waals surface area contributed by atoms with Crippen molar-refractivity contribution in [3.05, 3.63) is 24.2 Å². The van der Waals surface area contributed by atoms with Gasteiger partial charge in [-0.25, -0.2) is 0 Å². The first kappa shape index (κ1) is 10.1. The van der Waals surface area contributed by atoms with Crippen molar-refractivity contribution in [3.8, 4) is 0 Å². The summed E-state index contributed by atoms with van der Waals surface area (Å²) in [5, 5.41) is 3.57. The summed E-state index contributed by atoms with van der Waals surface area (Å²) in [6, 6.07) is 3.28. The molecule has 3 nitrogen and oxygen atoms in total. The first-order chi connectivity index (χ1) is 7.04. The lowest BCUT2D eigenvalue weighted by Crippen LogP contribution is -2.19. The van der Waals surface area contributed by atoms with Crippen LogP contribution < -0.4 is 0 Å². The lowest BCUT2D eigenvalue weighted by Gasteiger charge is -2.10. The molecule has 0 fully saturated rings. The Morgan fingerprint density at radius 3 is 2.87 bits per heavy atom. The molecule has 1 atom stereocenters. The summed E-state index contributed by atoms with van der Waals surface area (Å²) in [7, 11) is 0. The van der Waals surface area contributed by atoms with Gasteiger partial charge in [0.05, 0.1) is 12.7 Å². The van der Waals surface area contributed by atoms with Crippen LogP contribution in [0.3, 0.4) is 0 Å². The molecule has 1 aromatic rings. The lowest BCUT2D eigenvalue weighted by atomic mass is 10.1. The van der Waals surface area contributed by atoms with Gasteiger partial charge >= 0.3 is 6.18 Å². The van der Waals surface area contributed by atoms with E-state index in [4.69, 9.17) is 4.42 Å². The summed E-state index contributed by atoms with van der Waals surface area (Å²) in [4.78, 5) is 4.67. The Bertz CT molecular complexity index is 356. The number of halogens is 3. The van der Waals surface area contributed by atoms with Crippen LogP contribution in [-0.2, 0) is 4.84 Å². The van der Waals surface area contributed by atoms with Crippen LogP contribution in [0.5, 0.6) is 0 Å². The summed E-state index contributed by atoms with van der Waals surface area (Å²) < 4.78 is 41.1. The molecule has 6 heteroatoms. The fraction of sp³-hybridized carbons (Fsp3) is 0.444. The van der Waals surface area contributed by atoms with Gasteiger partial charge in [0.1, 0.15) is 11.8 Å². The number of rotatable bonds is 2. The smallest absolute Gasteiger partial charge is 0.392 e. The first-order valence-corrected chi connectivity index (χ1v) is 4.38. The number of oxime groups is 1. The van der Waals surface area contributed by atoms with Crippen LogP contribution in [-0.4, -0.2) is 18.0 Å². The van der Waals surface area contributed by atoms with E-state index in [1.165, 1.54) is 6.26 Å². The molecule has 0 amide bonds. The Morgan fingerprint density at radius 1 is 1.47 bits per heavy atom. The normalized spacial score (nSPS) is 21.3. The summed E-state index contributed by atoms with van der Waals surface area (Å²) in [6.07, 6.45) is -4.56. The Morgan fingerprint density at radius 2 is 2.27 bits per heavy atom. The maximum atomic E-state index is 12.0. The SMILES string of the molecule is FC(F)(F)C[C@H]1CC(c2ccco2)=NO1. The predicted octanol–water partition coefficient (Wildman–Crippen LogP) is 2.73. The second-order valence-electron chi connectivity index (χ2n) is 3.27. The Labute approximate surface area is 83.5 Å². The average molecular weight is 219 g/mol. The number of hydrogen-bond acceptors (Lipinski definition) is 3. The Balaban J connectivity index is 1.94. The summed E-state index contributed by atoms with van der Waals surface area (Å²) in [6.45, 7) is 0. The zero-order chi connectivity index (χ0) is 10.9. The molecule has 0 bridgehead atoms. The quantitative estimate of drug-likeness (QED) is 0.766. The van der Waals surface area contributed by atoms with Gasteiger partial charge < -0.3 is 9.25 Å². The highest BCUT2D eigenvalue weighted by atomic mass is 19.4. The standard InChI is InChI=1S/C9H8F3NO2/c10-9(11,12)5-6-4-7(13-15-6)8-2-1-3-14-8/h1-3,6H,4-5H2/t6-/m1/s1. The van der Waals surface area contributed by atoms with Gasteiger partial charge in [-0.3, -0.25) is 0 Å². The zero-order valence-corrected chi connectivity index (χ0v) is 7.62. The lowest BCUT2D eigenvalue weighted by molar-refractivity contribution is -0.157. The van der Waals surface area contributed by atoms with Crippen molar-refractivity contribution in [2.24, 2.45) is 5.16 Å². The molecule has 0 unspecified atom stereocenters. The number of alkyl halides is 3. The summed E-state index contributed by atoms with van der Waals surface area (Å²) in [5.74, 6) is 0.458. The van der Waals surface area contributed by atoms with Gasteiger partial charge in [0.2, 0.25) is 0 Å². The van der Waals surface area contributed by atoms with E-state index >= 15 is 0 Å². The minimum atomic E-state index is -4.22.